The zero-order chi connectivity index (χ0) is 14.3. The summed E-state index contributed by atoms with van der Waals surface area (Å²) in [7, 11) is 0. The fourth-order valence-electron chi connectivity index (χ4n) is 1.54. The summed E-state index contributed by atoms with van der Waals surface area (Å²) in [4.78, 5) is 7.85. The molecule has 1 heterocycles. The standard InChI is InChI=1S/C12H18F3N3O/c1-3-5-9-10(16-6-4-2)17-8-18-11(9)19-7-12(13,14)15/h8H,3-7H2,1-2H3,(H,16,17,18). The number of halogens is 3. The van der Waals surface area contributed by atoms with E-state index in [9.17, 15) is 13.2 Å². The van der Waals surface area contributed by atoms with Crippen molar-refractivity contribution in [1.29, 1.82) is 0 Å². The zero-order valence-electron chi connectivity index (χ0n) is 11.0. The van der Waals surface area contributed by atoms with Crippen molar-refractivity contribution in [2.45, 2.75) is 39.3 Å². The van der Waals surface area contributed by atoms with E-state index in [0.717, 1.165) is 12.8 Å². The summed E-state index contributed by atoms with van der Waals surface area (Å²) in [6.45, 7) is 3.29. The molecule has 0 saturated heterocycles. The molecule has 1 aromatic heterocycles. The summed E-state index contributed by atoms with van der Waals surface area (Å²) in [6, 6.07) is 0. The summed E-state index contributed by atoms with van der Waals surface area (Å²) in [5, 5.41) is 3.07. The van der Waals surface area contributed by atoms with Gasteiger partial charge in [-0.15, -0.1) is 0 Å². The first-order valence-corrected chi connectivity index (χ1v) is 6.25. The van der Waals surface area contributed by atoms with Crippen LogP contribution < -0.4 is 10.1 Å². The van der Waals surface area contributed by atoms with Crippen LogP contribution in [0, 0.1) is 0 Å². The third-order valence-corrected chi connectivity index (χ3v) is 2.32. The van der Waals surface area contributed by atoms with Gasteiger partial charge in [-0.3, -0.25) is 0 Å². The van der Waals surface area contributed by atoms with Gasteiger partial charge in [-0.25, -0.2) is 9.97 Å². The maximum atomic E-state index is 12.2. The average Bonchev–Trinajstić information content (AvgIpc) is 2.35. The van der Waals surface area contributed by atoms with Crippen molar-refractivity contribution >= 4 is 5.82 Å². The highest BCUT2D eigenvalue weighted by molar-refractivity contribution is 5.48. The summed E-state index contributed by atoms with van der Waals surface area (Å²) in [6.07, 6.45) is -0.917. The third-order valence-electron chi connectivity index (χ3n) is 2.32. The highest BCUT2D eigenvalue weighted by Gasteiger charge is 2.29. The SMILES string of the molecule is CCCNc1ncnc(OCC(F)(F)F)c1CCC. The quantitative estimate of drug-likeness (QED) is 0.831. The van der Waals surface area contributed by atoms with Crippen LogP contribution in [0.4, 0.5) is 19.0 Å². The molecule has 108 valence electrons. The summed E-state index contributed by atoms with van der Waals surface area (Å²) in [5.74, 6) is 0.559. The van der Waals surface area contributed by atoms with Crippen LogP contribution in [-0.4, -0.2) is 29.3 Å². The van der Waals surface area contributed by atoms with Crippen LogP contribution in [-0.2, 0) is 6.42 Å². The third kappa shape index (κ3) is 5.32. The predicted molar refractivity (Wildman–Crippen MR) is 66.4 cm³/mol. The maximum Gasteiger partial charge on any atom is 0.422 e. The molecule has 0 aliphatic rings. The second-order valence-corrected chi connectivity index (χ2v) is 4.09. The molecule has 19 heavy (non-hydrogen) atoms. The minimum Gasteiger partial charge on any atom is -0.468 e. The summed E-state index contributed by atoms with van der Waals surface area (Å²) < 4.78 is 41.3. The van der Waals surface area contributed by atoms with Gasteiger partial charge in [0, 0.05) is 6.54 Å². The first-order valence-electron chi connectivity index (χ1n) is 6.25. The fourth-order valence-corrected chi connectivity index (χ4v) is 1.54. The predicted octanol–water partition coefficient (Wildman–Crippen LogP) is 3.19. The molecule has 1 N–H and O–H groups in total. The zero-order valence-corrected chi connectivity index (χ0v) is 11.0. The number of alkyl halides is 3. The lowest BCUT2D eigenvalue weighted by atomic mass is 10.1. The molecule has 0 spiro atoms. The topological polar surface area (TPSA) is 47.0 Å². The Balaban J connectivity index is 2.88. The van der Waals surface area contributed by atoms with Crippen molar-refractivity contribution in [3.05, 3.63) is 11.9 Å². The van der Waals surface area contributed by atoms with Gasteiger partial charge in [-0.1, -0.05) is 20.3 Å². The van der Waals surface area contributed by atoms with E-state index in [2.05, 4.69) is 15.3 Å². The largest absolute Gasteiger partial charge is 0.468 e. The first kappa shape index (κ1) is 15.5. The molecule has 0 aliphatic heterocycles. The van der Waals surface area contributed by atoms with Crippen molar-refractivity contribution < 1.29 is 17.9 Å². The van der Waals surface area contributed by atoms with E-state index in [4.69, 9.17) is 4.74 Å². The van der Waals surface area contributed by atoms with Crippen molar-refractivity contribution in [1.82, 2.24) is 9.97 Å². The molecule has 0 amide bonds. The molecule has 1 rings (SSSR count). The van der Waals surface area contributed by atoms with Crippen molar-refractivity contribution in [3.63, 3.8) is 0 Å². The number of hydrogen-bond donors (Lipinski definition) is 1. The summed E-state index contributed by atoms with van der Waals surface area (Å²) in [5.41, 5.74) is 0.600. The molecule has 0 unspecified atom stereocenters. The highest BCUT2D eigenvalue weighted by atomic mass is 19.4. The van der Waals surface area contributed by atoms with Crippen molar-refractivity contribution in [2.75, 3.05) is 18.5 Å². The Morgan fingerprint density at radius 1 is 1.21 bits per heavy atom. The van der Waals surface area contributed by atoms with Gasteiger partial charge in [0.1, 0.15) is 12.1 Å². The molecule has 0 aliphatic carbocycles. The van der Waals surface area contributed by atoms with E-state index in [1.807, 2.05) is 13.8 Å². The molecular weight excluding hydrogens is 259 g/mol. The second-order valence-electron chi connectivity index (χ2n) is 4.09. The van der Waals surface area contributed by atoms with E-state index in [1.54, 1.807) is 0 Å². The van der Waals surface area contributed by atoms with Crippen LogP contribution >= 0.6 is 0 Å². The minimum absolute atomic E-state index is 0.00720. The van der Waals surface area contributed by atoms with Gasteiger partial charge in [0.05, 0.1) is 5.56 Å². The van der Waals surface area contributed by atoms with E-state index >= 15 is 0 Å². The van der Waals surface area contributed by atoms with Gasteiger partial charge >= 0.3 is 6.18 Å². The molecule has 1 aromatic rings. The molecule has 4 nitrogen and oxygen atoms in total. The minimum atomic E-state index is -4.37. The van der Waals surface area contributed by atoms with E-state index in [0.29, 0.717) is 24.3 Å². The van der Waals surface area contributed by atoms with Crippen molar-refractivity contribution in [3.8, 4) is 5.88 Å². The van der Waals surface area contributed by atoms with Crippen LogP contribution in [0.1, 0.15) is 32.3 Å². The van der Waals surface area contributed by atoms with Crippen LogP contribution in [0.2, 0.25) is 0 Å². The van der Waals surface area contributed by atoms with E-state index in [-0.39, 0.29) is 5.88 Å². The number of rotatable bonds is 7. The van der Waals surface area contributed by atoms with Gasteiger partial charge in [0.15, 0.2) is 6.61 Å². The Kier molecular flexibility index (Phi) is 5.85. The van der Waals surface area contributed by atoms with E-state index < -0.39 is 12.8 Å². The Morgan fingerprint density at radius 3 is 2.53 bits per heavy atom. The normalized spacial score (nSPS) is 11.4. The molecule has 0 saturated carbocycles. The van der Waals surface area contributed by atoms with Gasteiger partial charge in [0.25, 0.3) is 0 Å². The van der Waals surface area contributed by atoms with E-state index in [1.165, 1.54) is 6.33 Å². The lowest BCUT2D eigenvalue weighted by Crippen LogP contribution is -2.20. The van der Waals surface area contributed by atoms with Gasteiger partial charge in [0.2, 0.25) is 5.88 Å². The number of aromatic nitrogens is 2. The van der Waals surface area contributed by atoms with Crippen molar-refractivity contribution in [2.24, 2.45) is 0 Å². The number of hydrogen-bond acceptors (Lipinski definition) is 4. The van der Waals surface area contributed by atoms with Crippen LogP contribution in [0.5, 0.6) is 5.88 Å². The Hall–Kier alpha value is -1.53. The number of nitrogens with zero attached hydrogens (tertiary/aromatic N) is 2. The van der Waals surface area contributed by atoms with Crippen LogP contribution in [0.25, 0.3) is 0 Å². The Bertz CT molecular complexity index is 396. The lowest BCUT2D eigenvalue weighted by Gasteiger charge is -2.15. The lowest BCUT2D eigenvalue weighted by molar-refractivity contribution is -0.154. The second kappa shape index (κ2) is 7.16. The van der Waals surface area contributed by atoms with Gasteiger partial charge in [-0.2, -0.15) is 13.2 Å². The molecule has 0 aromatic carbocycles. The van der Waals surface area contributed by atoms with Crippen LogP contribution in [0.3, 0.4) is 0 Å². The highest BCUT2D eigenvalue weighted by Crippen LogP contribution is 2.25. The molecule has 0 radical (unpaired) electrons. The Morgan fingerprint density at radius 2 is 1.95 bits per heavy atom. The maximum absolute atomic E-state index is 12.2. The van der Waals surface area contributed by atoms with Crippen LogP contribution in [0.15, 0.2) is 6.33 Å². The fraction of sp³-hybridized carbons (Fsp3) is 0.667. The smallest absolute Gasteiger partial charge is 0.422 e. The molecule has 7 heteroatoms. The van der Waals surface area contributed by atoms with Gasteiger partial charge in [-0.05, 0) is 12.8 Å². The monoisotopic (exact) mass is 277 g/mol. The molecule has 0 fully saturated rings. The first-order chi connectivity index (χ1) is 8.98. The number of nitrogens with one attached hydrogen (secondary N) is 1. The Labute approximate surface area is 110 Å². The molecule has 0 bridgehead atoms. The number of anilines is 1. The molecular formula is C12H18F3N3O. The van der Waals surface area contributed by atoms with Gasteiger partial charge < -0.3 is 10.1 Å². The summed E-state index contributed by atoms with van der Waals surface area (Å²) >= 11 is 0. The average molecular weight is 277 g/mol. The number of ether oxygens (including phenoxy) is 1. The molecule has 0 atom stereocenters.